The SMILES string of the molecule is CO[C@@H]1c2ccccc2O[C@H](C(CCO)[Si](C)(C)F)[C@H]1C. The third-order valence-corrected chi connectivity index (χ3v) is 6.84. The van der Waals surface area contributed by atoms with E-state index in [0.717, 1.165) is 11.3 Å². The van der Waals surface area contributed by atoms with E-state index in [1.54, 1.807) is 20.2 Å². The lowest BCUT2D eigenvalue weighted by Crippen LogP contribution is -2.46. The summed E-state index contributed by atoms with van der Waals surface area (Å²) in [6.07, 6.45) is 0.0738. The van der Waals surface area contributed by atoms with Gasteiger partial charge < -0.3 is 18.7 Å². The van der Waals surface area contributed by atoms with Gasteiger partial charge in [0.05, 0.1) is 6.10 Å². The standard InChI is InChI=1S/C16H25FO3Si/c1-11-15(19-2)12-7-5-6-8-13(12)20-16(11)14(9-10-18)21(3,4)17/h5-8,11,14-16,18H,9-10H2,1-4H3/t11-,14?,15-,16-/m0/s1. The van der Waals surface area contributed by atoms with Crippen LogP contribution in [-0.4, -0.2) is 33.3 Å². The van der Waals surface area contributed by atoms with Crippen molar-refractivity contribution in [3.63, 3.8) is 0 Å². The van der Waals surface area contributed by atoms with Gasteiger partial charge in [0.25, 0.3) is 0 Å². The number of aliphatic hydroxyl groups excluding tert-OH is 1. The van der Waals surface area contributed by atoms with Gasteiger partial charge in [-0.3, -0.25) is 0 Å². The van der Waals surface area contributed by atoms with Crippen LogP contribution in [0.25, 0.3) is 0 Å². The van der Waals surface area contributed by atoms with Gasteiger partial charge in [0, 0.05) is 30.7 Å². The Morgan fingerprint density at radius 2 is 2.05 bits per heavy atom. The molecule has 0 aliphatic carbocycles. The number of ether oxygens (including phenoxy) is 2. The molecule has 0 spiro atoms. The maximum atomic E-state index is 14.7. The van der Waals surface area contributed by atoms with E-state index in [4.69, 9.17) is 9.47 Å². The fraction of sp³-hybridized carbons (Fsp3) is 0.625. The first-order chi connectivity index (χ1) is 9.90. The molecule has 1 unspecified atom stereocenters. The van der Waals surface area contributed by atoms with E-state index >= 15 is 0 Å². The van der Waals surface area contributed by atoms with E-state index < -0.39 is 8.41 Å². The number of hydrogen-bond donors (Lipinski definition) is 1. The Hall–Kier alpha value is -0.913. The zero-order valence-corrected chi connectivity index (χ0v) is 14.2. The van der Waals surface area contributed by atoms with Gasteiger partial charge in [0.2, 0.25) is 8.41 Å². The van der Waals surface area contributed by atoms with Gasteiger partial charge in [-0.2, -0.15) is 0 Å². The van der Waals surface area contributed by atoms with Crippen LogP contribution in [0.5, 0.6) is 5.75 Å². The molecular weight excluding hydrogens is 287 g/mol. The van der Waals surface area contributed by atoms with Crippen LogP contribution in [0.15, 0.2) is 24.3 Å². The van der Waals surface area contributed by atoms with Crippen LogP contribution in [0.4, 0.5) is 4.11 Å². The second-order valence-electron chi connectivity index (χ2n) is 6.32. The van der Waals surface area contributed by atoms with Crippen LogP contribution in [0.2, 0.25) is 18.6 Å². The number of halogens is 1. The molecule has 5 heteroatoms. The Balaban J connectivity index is 2.37. The summed E-state index contributed by atoms with van der Waals surface area (Å²) >= 11 is 0. The van der Waals surface area contributed by atoms with Crippen molar-refractivity contribution in [2.75, 3.05) is 13.7 Å². The predicted octanol–water partition coefficient (Wildman–Crippen LogP) is 3.70. The van der Waals surface area contributed by atoms with Gasteiger partial charge >= 0.3 is 0 Å². The largest absolute Gasteiger partial charge is 0.490 e. The minimum absolute atomic E-state index is 0.0170. The van der Waals surface area contributed by atoms with Crippen LogP contribution in [0, 0.1) is 5.92 Å². The maximum absolute atomic E-state index is 14.7. The van der Waals surface area contributed by atoms with Gasteiger partial charge in [-0.1, -0.05) is 25.1 Å². The van der Waals surface area contributed by atoms with Crippen molar-refractivity contribution in [1.82, 2.24) is 0 Å². The van der Waals surface area contributed by atoms with Gasteiger partial charge in [-0.15, -0.1) is 0 Å². The molecule has 1 aliphatic rings. The monoisotopic (exact) mass is 312 g/mol. The van der Waals surface area contributed by atoms with Crippen molar-refractivity contribution < 1.29 is 18.7 Å². The Bertz CT molecular complexity index is 475. The molecule has 1 aromatic carbocycles. The van der Waals surface area contributed by atoms with Crippen LogP contribution >= 0.6 is 0 Å². The molecule has 1 aliphatic heterocycles. The molecule has 3 nitrogen and oxygen atoms in total. The number of benzene rings is 1. The second kappa shape index (κ2) is 6.46. The third kappa shape index (κ3) is 3.30. The van der Waals surface area contributed by atoms with Gasteiger partial charge in [0.1, 0.15) is 11.9 Å². The lowest BCUT2D eigenvalue weighted by molar-refractivity contribution is -0.0250. The molecule has 0 fully saturated rings. The van der Waals surface area contributed by atoms with Crippen molar-refractivity contribution in [3.8, 4) is 5.75 Å². The summed E-state index contributed by atoms with van der Waals surface area (Å²) in [5, 5.41) is 9.30. The van der Waals surface area contributed by atoms with Gasteiger partial charge in [-0.25, -0.2) is 0 Å². The zero-order chi connectivity index (χ0) is 15.6. The fourth-order valence-corrected chi connectivity index (χ4v) is 5.33. The highest BCUT2D eigenvalue weighted by atomic mass is 28.4. The molecule has 0 bridgehead atoms. The summed E-state index contributed by atoms with van der Waals surface area (Å²) in [4.78, 5) is 0. The first-order valence-corrected chi connectivity index (χ1v) is 10.4. The molecule has 0 radical (unpaired) electrons. The molecule has 0 amide bonds. The summed E-state index contributed by atoms with van der Waals surface area (Å²) in [6, 6.07) is 7.77. The first-order valence-electron chi connectivity index (χ1n) is 7.48. The number of aliphatic hydroxyl groups is 1. The zero-order valence-electron chi connectivity index (χ0n) is 13.2. The van der Waals surface area contributed by atoms with E-state index in [-0.39, 0.29) is 30.3 Å². The number of para-hydroxylation sites is 1. The third-order valence-electron chi connectivity index (χ3n) is 4.46. The van der Waals surface area contributed by atoms with E-state index in [1.807, 2.05) is 31.2 Å². The minimum Gasteiger partial charge on any atom is -0.490 e. The first kappa shape index (κ1) is 16.5. The highest BCUT2D eigenvalue weighted by molar-refractivity contribution is 6.72. The summed E-state index contributed by atoms with van der Waals surface area (Å²) in [5.41, 5.74) is 0.772. The molecular formula is C16H25FO3Si. The summed E-state index contributed by atoms with van der Waals surface area (Å²) in [7, 11) is -1.26. The summed E-state index contributed by atoms with van der Waals surface area (Å²) in [6.45, 7) is 5.40. The highest BCUT2D eigenvalue weighted by Gasteiger charge is 2.46. The Morgan fingerprint density at radius 1 is 1.38 bits per heavy atom. The second-order valence-corrected chi connectivity index (χ2v) is 10.2. The van der Waals surface area contributed by atoms with E-state index in [1.165, 1.54) is 0 Å². The van der Waals surface area contributed by atoms with Gasteiger partial charge in [0.15, 0.2) is 0 Å². The van der Waals surface area contributed by atoms with Gasteiger partial charge in [-0.05, 0) is 25.6 Å². The van der Waals surface area contributed by atoms with Crippen molar-refractivity contribution in [2.45, 2.75) is 44.2 Å². The molecule has 118 valence electrons. The van der Waals surface area contributed by atoms with Crippen LogP contribution in [0.3, 0.4) is 0 Å². The van der Waals surface area contributed by atoms with Crippen molar-refractivity contribution >= 4 is 8.41 Å². The quantitative estimate of drug-likeness (QED) is 0.665. The van der Waals surface area contributed by atoms with E-state index in [0.29, 0.717) is 6.42 Å². The molecule has 21 heavy (non-hydrogen) atoms. The molecule has 1 N–H and O–H groups in total. The number of fused-ring (bicyclic) bond motifs is 1. The molecule has 4 atom stereocenters. The van der Waals surface area contributed by atoms with Crippen LogP contribution in [-0.2, 0) is 4.74 Å². The molecule has 0 aromatic heterocycles. The van der Waals surface area contributed by atoms with Crippen LogP contribution in [0.1, 0.15) is 25.0 Å². The summed E-state index contributed by atoms with van der Waals surface area (Å²) in [5.74, 6) is 0.817. The lowest BCUT2D eigenvalue weighted by Gasteiger charge is -2.42. The number of methoxy groups -OCH3 is 1. The van der Waals surface area contributed by atoms with E-state index in [9.17, 15) is 9.21 Å². The Labute approximate surface area is 127 Å². The maximum Gasteiger partial charge on any atom is 0.247 e. The highest BCUT2D eigenvalue weighted by Crippen LogP contribution is 2.46. The van der Waals surface area contributed by atoms with Crippen molar-refractivity contribution in [2.24, 2.45) is 5.92 Å². The molecule has 2 rings (SSSR count). The average Bonchev–Trinajstić information content (AvgIpc) is 2.43. The molecule has 0 saturated heterocycles. The lowest BCUT2D eigenvalue weighted by atomic mass is 9.86. The average molecular weight is 312 g/mol. The normalized spacial score (nSPS) is 26.9. The fourth-order valence-electron chi connectivity index (χ4n) is 3.36. The molecule has 1 aromatic rings. The topological polar surface area (TPSA) is 38.7 Å². The van der Waals surface area contributed by atoms with Crippen LogP contribution < -0.4 is 4.74 Å². The Kier molecular flexibility index (Phi) is 5.06. The Morgan fingerprint density at radius 3 is 2.62 bits per heavy atom. The minimum atomic E-state index is -2.94. The van der Waals surface area contributed by atoms with Crippen molar-refractivity contribution in [1.29, 1.82) is 0 Å². The molecule has 1 heterocycles. The molecule has 0 saturated carbocycles. The van der Waals surface area contributed by atoms with Crippen molar-refractivity contribution in [3.05, 3.63) is 29.8 Å². The smallest absolute Gasteiger partial charge is 0.247 e. The van der Waals surface area contributed by atoms with E-state index in [2.05, 4.69) is 0 Å². The number of rotatable bonds is 5. The predicted molar refractivity (Wildman–Crippen MR) is 83.8 cm³/mol. The summed E-state index contributed by atoms with van der Waals surface area (Å²) < 4.78 is 26.5. The number of hydrogen-bond acceptors (Lipinski definition) is 3.